The van der Waals surface area contributed by atoms with E-state index in [1.807, 2.05) is 12.1 Å². The third kappa shape index (κ3) is 4.05. The molecule has 1 aromatic rings. The first-order chi connectivity index (χ1) is 9.56. The molecule has 1 aliphatic heterocycles. The van der Waals surface area contributed by atoms with E-state index < -0.39 is 5.97 Å². The summed E-state index contributed by atoms with van der Waals surface area (Å²) in [6, 6.07) is 7.82. The first kappa shape index (κ1) is 15.0. The van der Waals surface area contributed by atoms with Crippen LogP contribution in [0.15, 0.2) is 24.3 Å². The summed E-state index contributed by atoms with van der Waals surface area (Å²) in [6.07, 6.45) is 1.16. The summed E-state index contributed by atoms with van der Waals surface area (Å²) < 4.78 is 0. The monoisotopic (exact) mass is 276 g/mol. The topological polar surface area (TPSA) is 52.6 Å². The first-order valence-electron chi connectivity index (χ1n) is 7.33. The van der Waals surface area contributed by atoms with Crippen molar-refractivity contribution in [2.24, 2.45) is 5.92 Å². The Morgan fingerprint density at radius 1 is 1.45 bits per heavy atom. The molecule has 0 spiro atoms. The van der Waals surface area contributed by atoms with Crippen molar-refractivity contribution in [2.75, 3.05) is 19.6 Å². The molecule has 0 radical (unpaired) electrons. The summed E-state index contributed by atoms with van der Waals surface area (Å²) in [6.45, 7) is 8.14. The SMILES string of the molecule is CC(C)C[C@@H]1CN(Cc2ccccc2C(=O)O)CCN1. The van der Waals surface area contributed by atoms with Gasteiger partial charge in [0, 0.05) is 32.2 Å². The average molecular weight is 276 g/mol. The number of aromatic carboxylic acids is 1. The molecule has 0 aliphatic carbocycles. The van der Waals surface area contributed by atoms with Gasteiger partial charge in [-0.2, -0.15) is 0 Å². The maximum Gasteiger partial charge on any atom is 0.336 e. The molecule has 110 valence electrons. The molecule has 0 aromatic heterocycles. The molecule has 0 unspecified atom stereocenters. The number of carbonyl (C=O) groups is 1. The maximum atomic E-state index is 11.2. The van der Waals surface area contributed by atoms with E-state index in [2.05, 4.69) is 24.1 Å². The molecule has 1 aromatic carbocycles. The van der Waals surface area contributed by atoms with Crippen LogP contribution < -0.4 is 5.32 Å². The number of piperazine rings is 1. The maximum absolute atomic E-state index is 11.2. The van der Waals surface area contributed by atoms with Crippen LogP contribution >= 0.6 is 0 Å². The highest BCUT2D eigenvalue weighted by molar-refractivity contribution is 5.89. The Morgan fingerprint density at radius 2 is 2.20 bits per heavy atom. The predicted molar refractivity (Wildman–Crippen MR) is 79.9 cm³/mol. The van der Waals surface area contributed by atoms with Crippen molar-refractivity contribution in [3.63, 3.8) is 0 Å². The molecule has 4 nitrogen and oxygen atoms in total. The van der Waals surface area contributed by atoms with E-state index in [0.29, 0.717) is 17.5 Å². The van der Waals surface area contributed by atoms with Crippen molar-refractivity contribution < 1.29 is 9.90 Å². The van der Waals surface area contributed by atoms with Crippen molar-refractivity contribution in [2.45, 2.75) is 32.9 Å². The smallest absolute Gasteiger partial charge is 0.336 e. The number of carboxylic acids is 1. The average Bonchev–Trinajstić information content (AvgIpc) is 2.38. The van der Waals surface area contributed by atoms with E-state index in [9.17, 15) is 9.90 Å². The Morgan fingerprint density at radius 3 is 2.90 bits per heavy atom. The van der Waals surface area contributed by atoms with Crippen molar-refractivity contribution in [1.82, 2.24) is 10.2 Å². The first-order valence-corrected chi connectivity index (χ1v) is 7.33. The Balaban J connectivity index is 2.01. The van der Waals surface area contributed by atoms with Gasteiger partial charge < -0.3 is 10.4 Å². The minimum Gasteiger partial charge on any atom is -0.478 e. The molecule has 0 saturated carbocycles. The van der Waals surface area contributed by atoms with Crippen LogP contribution in [-0.2, 0) is 6.54 Å². The minimum absolute atomic E-state index is 0.423. The van der Waals surface area contributed by atoms with E-state index in [0.717, 1.165) is 38.2 Å². The van der Waals surface area contributed by atoms with E-state index in [1.165, 1.54) is 0 Å². The van der Waals surface area contributed by atoms with Crippen LogP contribution in [0.3, 0.4) is 0 Å². The summed E-state index contributed by atoms with van der Waals surface area (Å²) >= 11 is 0. The van der Waals surface area contributed by atoms with Crippen LogP contribution in [0.1, 0.15) is 36.2 Å². The van der Waals surface area contributed by atoms with Crippen molar-refractivity contribution in [3.8, 4) is 0 Å². The second-order valence-electron chi connectivity index (χ2n) is 5.98. The summed E-state index contributed by atoms with van der Waals surface area (Å²) in [5, 5.41) is 12.8. The van der Waals surface area contributed by atoms with Crippen LogP contribution in [0.2, 0.25) is 0 Å². The van der Waals surface area contributed by atoms with Crippen LogP contribution in [0.25, 0.3) is 0 Å². The van der Waals surface area contributed by atoms with Gasteiger partial charge in [-0.1, -0.05) is 32.0 Å². The number of nitrogens with zero attached hydrogens (tertiary/aromatic N) is 1. The summed E-state index contributed by atoms with van der Waals surface area (Å²) in [4.78, 5) is 13.6. The lowest BCUT2D eigenvalue weighted by Gasteiger charge is -2.34. The molecule has 2 rings (SSSR count). The fourth-order valence-corrected chi connectivity index (χ4v) is 2.87. The quantitative estimate of drug-likeness (QED) is 0.865. The Kier molecular flexibility index (Phi) is 5.15. The van der Waals surface area contributed by atoms with Gasteiger partial charge in [0.15, 0.2) is 0 Å². The van der Waals surface area contributed by atoms with Gasteiger partial charge in [-0.05, 0) is 24.0 Å². The number of hydrogen-bond donors (Lipinski definition) is 2. The highest BCUT2D eigenvalue weighted by Gasteiger charge is 2.21. The van der Waals surface area contributed by atoms with E-state index >= 15 is 0 Å². The van der Waals surface area contributed by atoms with Gasteiger partial charge in [-0.15, -0.1) is 0 Å². The zero-order valence-corrected chi connectivity index (χ0v) is 12.3. The van der Waals surface area contributed by atoms with E-state index in [4.69, 9.17) is 0 Å². The molecule has 4 heteroatoms. The van der Waals surface area contributed by atoms with Gasteiger partial charge >= 0.3 is 5.97 Å². The Labute approximate surface area is 120 Å². The Hall–Kier alpha value is -1.39. The lowest BCUT2D eigenvalue weighted by molar-refractivity contribution is 0.0694. The van der Waals surface area contributed by atoms with Crippen LogP contribution in [0.5, 0.6) is 0 Å². The van der Waals surface area contributed by atoms with E-state index in [1.54, 1.807) is 12.1 Å². The van der Waals surface area contributed by atoms with Crippen LogP contribution in [0.4, 0.5) is 0 Å². The van der Waals surface area contributed by atoms with Gasteiger partial charge in [-0.25, -0.2) is 4.79 Å². The zero-order valence-electron chi connectivity index (χ0n) is 12.3. The second kappa shape index (κ2) is 6.86. The molecule has 2 N–H and O–H groups in total. The summed E-state index contributed by atoms with van der Waals surface area (Å²) in [5.41, 5.74) is 1.33. The van der Waals surface area contributed by atoms with Gasteiger partial charge in [0.2, 0.25) is 0 Å². The molecule has 1 heterocycles. The van der Waals surface area contributed by atoms with E-state index in [-0.39, 0.29) is 0 Å². The molecule has 0 amide bonds. The Bertz CT molecular complexity index is 460. The number of carboxylic acid groups (broad SMARTS) is 1. The van der Waals surface area contributed by atoms with Crippen molar-refractivity contribution in [1.29, 1.82) is 0 Å². The summed E-state index contributed by atoms with van der Waals surface area (Å²) in [7, 11) is 0. The predicted octanol–water partition coefficient (Wildman–Crippen LogP) is 2.20. The molecule has 1 aliphatic rings. The second-order valence-corrected chi connectivity index (χ2v) is 5.98. The fourth-order valence-electron chi connectivity index (χ4n) is 2.87. The molecule has 1 atom stereocenters. The van der Waals surface area contributed by atoms with Gasteiger partial charge in [0.05, 0.1) is 5.56 Å². The van der Waals surface area contributed by atoms with Crippen LogP contribution in [-0.4, -0.2) is 41.7 Å². The third-order valence-electron chi connectivity index (χ3n) is 3.74. The lowest BCUT2D eigenvalue weighted by atomic mass is 10.0. The number of nitrogens with one attached hydrogen (secondary N) is 1. The third-order valence-corrected chi connectivity index (χ3v) is 3.74. The normalized spacial score (nSPS) is 20.2. The highest BCUT2D eigenvalue weighted by Crippen LogP contribution is 2.15. The van der Waals surface area contributed by atoms with Gasteiger partial charge in [0.1, 0.15) is 0 Å². The largest absolute Gasteiger partial charge is 0.478 e. The molecule has 1 saturated heterocycles. The van der Waals surface area contributed by atoms with Crippen molar-refractivity contribution in [3.05, 3.63) is 35.4 Å². The molecule has 0 bridgehead atoms. The minimum atomic E-state index is -0.838. The number of hydrogen-bond acceptors (Lipinski definition) is 3. The van der Waals surface area contributed by atoms with Gasteiger partial charge in [-0.3, -0.25) is 4.90 Å². The highest BCUT2D eigenvalue weighted by atomic mass is 16.4. The number of benzene rings is 1. The van der Waals surface area contributed by atoms with Crippen LogP contribution in [0, 0.1) is 5.92 Å². The molecule has 20 heavy (non-hydrogen) atoms. The summed E-state index contributed by atoms with van der Waals surface area (Å²) in [5.74, 6) is -0.159. The van der Waals surface area contributed by atoms with Gasteiger partial charge in [0.25, 0.3) is 0 Å². The molecule has 1 fully saturated rings. The molecular weight excluding hydrogens is 252 g/mol. The lowest BCUT2D eigenvalue weighted by Crippen LogP contribution is -2.50. The molecular formula is C16H24N2O2. The number of rotatable bonds is 5. The fraction of sp³-hybridized carbons (Fsp3) is 0.562. The zero-order chi connectivity index (χ0) is 14.5. The standard InChI is InChI=1S/C16H24N2O2/c1-12(2)9-14-11-18(8-7-17-14)10-13-5-3-4-6-15(13)16(19)20/h3-6,12,14,17H,7-11H2,1-2H3,(H,19,20)/t14-/m1/s1. The van der Waals surface area contributed by atoms with Crippen molar-refractivity contribution >= 4 is 5.97 Å².